The standard InChI is InChI=1S/C32H40N4O4/c1-9-36(16-10-11-31(37)38)27-20-28(39-8)25(19-26(27)35(6)7)32-23-14-12-21(33(2)3)17-29(23)40-30-18-22(34(4)5)13-15-24(30)32/h12-15,17-20H,9-11,16H2,1-8H3/p+1. The van der Waals surface area contributed by atoms with Crippen LogP contribution in [-0.2, 0) is 4.79 Å². The maximum absolute atomic E-state index is 11.2. The van der Waals surface area contributed by atoms with Crippen LogP contribution in [0.2, 0.25) is 0 Å². The number of nitrogens with zero attached hydrogens (tertiary/aromatic N) is 4. The van der Waals surface area contributed by atoms with Crippen molar-refractivity contribution in [3.05, 3.63) is 53.9 Å². The lowest BCUT2D eigenvalue weighted by molar-refractivity contribution is -0.137. The predicted molar refractivity (Wildman–Crippen MR) is 165 cm³/mol. The zero-order chi connectivity index (χ0) is 29.1. The van der Waals surface area contributed by atoms with Crippen LogP contribution in [0, 0.1) is 0 Å². The van der Waals surface area contributed by atoms with E-state index in [1.54, 1.807) is 7.11 Å². The second-order valence-corrected chi connectivity index (χ2v) is 10.6. The van der Waals surface area contributed by atoms with E-state index in [-0.39, 0.29) is 6.42 Å². The SMILES string of the molecule is CCN(CCCC(=O)O)c1cc(OC)c(-c2c3ccc(=[N+](C)C)cc-3oc3cc(N(C)C)ccc23)cc1N(C)C. The molecule has 1 N–H and O–H groups in total. The molecule has 1 heterocycles. The van der Waals surface area contributed by atoms with Crippen LogP contribution >= 0.6 is 0 Å². The Balaban J connectivity index is 2.03. The summed E-state index contributed by atoms with van der Waals surface area (Å²) in [5.41, 5.74) is 6.92. The van der Waals surface area contributed by atoms with Gasteiger partial charge in [-0.05, 0) is 37.6 Å². The van der Waals surface area contributed by atoms with Crippen LogP contribution < -0.4 is 29.4 Å². The molecule has 0 aromatic heterocycles. The van der Waals surface area contributed by atoms with Gasteiger partial charge in [-0.1, -0.05) is 0 Å². The summed E-state index contributed by atoms with van der Waals surface area (Å²) in [4.78, 5) is 17.5. The van der Waals surface area contributed by atoms with Gasteiger partial charge in [0.05, 0.1) is 24.6 Å². The highest BCUT2D eigenvalue weighted by atomic mass is 16.5. The van der Waals surface area contributed by atoms with Gasteiger partial charge in [-0.15, -0.1) is 0 Å². The summed E-state index contributed by atoms with van der Waals surface area (Å²) in [5, 5.41) is 11.2. The molecule has 1 aliphatic carbocycles. The van der Waals surface area contributed by atoms with Gasteiger partial charge in [-0.3, -0.25) is 4.79 Å². The van der Waals surface area contributed by atoms with Crippen molar-refractivity contribution in [2.24, 2.45) is 0 Å². The van der Waals surface area contributed by atoms with Gasteiger partial charge in [0.1, 0.15) is 31.2 Å². The molecule has 4 rings (SSSR count). The minimum atomic E-state index is -0.778. The number of aliphatic carboxylic acids is 1. The first-order valence-corrected chi connectivity index (χ1v) is 13.6. The third-order valence-corrected chi connectivity index (χ3v) is 7.31. The Bertz CT molecular complexity index is 1570. The highest BCUT2D eigenvalue weighted by Gasteiger charge is 2.24. The lowest BCUT2D eigenvalue weighted by atomic mass is 9.92. The van der Waals surface area contributed by atoms with Crippen LogP contribution in [0.25, 0.3) is 33.4 Å². The molecule has 0 radical (unpaired) electrons. The molecular formula is C32H41N4O4+. The largest absolute Gasteiger partial charge is 0.496 e. The molecule has 2 aromatic rings. The van der Waals surface area contributed by atoms with E-state index in [2.05, 4.69) is 74.7 Å². The molecule has 8 nitrogen and oxygen atoms in total. The molecule has 0 bridgehead atoms. The van der Waals surface area contributed by atoms with Crippen LogP contribution in [0.5, 0.6) is 5.75 Å². The number of ether oxygens (including phenoxy) is 1. The van der Waals surface area contributed by atoms with Crippen molar-refractivity contribution in [1.82, 2.24) is 4.58 Å². The maximum atomic E-state index is 11.2. The summed E-state index contributed by atoms with van der Waals surface area (Å²) in [6.07, 6.45) is 0.705. The number of benzene rings is 3. The molecular weight excluding hydrogens is 504 g/mol. The summed E-state index contributed by atoms with van der Waals surface area (Å²) in [6.45, 7) is 3.48. The Morgan fingerprint density at radius 1 is 0.950 bits per heavy atom. The Hall–Kier alpha value is -4.20. The van der Waals surface area contributed by atoms with E-state index < -0.39 is 5.97 Å². The quantitative estimate of drug-likeness (QED) is 0.220. The van der Waals surface area contributed by atoms with E-state index in [1.165, 1.54) is 0 Å². The smallest absolute Gasteiger partial charge is 0.303 e. The number of carbonyl (C=O) groups is 1. The first-order valence-electron chi connectivity index (χ1n) is 13.6. The van der Waals surface area contributed by atoms with Gasteiger partial charge < -0.3 is 29.0 Å². The fourth-order valence-electron chi connectivity index (χ4n) is 5.12. The number of carboxylic acid groups (broad SMARTS) is 1. The maximum Gasteiger partial charge on any atom is 0.303 e. The molecule has 0 spiro atoms. The van der Waals surface area contributed by atoms with Crippen LogP contribution in [0.1, 0.15) is 19.8 Å². The minimum Gasteiger partial charge on any atom is -0.496 e. The third kappa shape index (κ3) is 5.71. The lowest BCUT2D eigenvalue weighted by Gasteiger charge is -2.30. The number of hydrogen-bond donors (Lipinski definition) is 1. The number of methoxy groups -OCH3 is 1. The Labute approximate surface area is 236 Å². The predicted octanol–water partition coefficient (Wildman–Crippen LogP) is 5.07. The third-order valence-electron chi connectivity index (χ3n) is 7.31. The topological polar surface area (TPSA) is 72.4 Å². The summed E-state index contributed by atoms with van der Waals surface area (Å²) in [7, 11) is 13.9. The average molecular weight is 546 g/mol. The summed E-state index contributed by atoms with van der Waals surface area (Å²) in [5.74, 6) is 0.769. The molecule has 0 amide bonds. The number of rotatable bonds is 10. The fraction of sp³-hybridized carbons (Fsp3) is 0.375. The van der Waals surface area contributed by atoms with Crippen molar-refractivity contribution >= 4 is 34.0 Å². The molecule has 0 saturated carbocycles. The van der Waals surface area contributed by atoms with Crippen molar-refractivity contribution in [1.29, 1.82) is 0 Å². The zero-order valence-electron chi connectivity index (χ0n) is 24.9. The molecule has 1 aliphatic heterocycles. The van der Waals surface area contributed by atoms with E-state index in [0.717, 1.165) is 68.1 Å². The van der Waals surface area contributed by atoms with Crippen LogP contribution in [-0.4, -0.2) is 73.6 Å². The number of fused-ring (bicyclic) bond motifs is 2. The molecule has 0 saturated heterocycles. The van der Waals surface area contributed by atoms with Gasteiger partial charge in [0.25, 0.3) is 0 Å². The molecule has 212 valence electrons. The van der Waals surface area contributed by atoms with Crippen LogP contribution in [0.4, 0.5) is 17.1 Å². The molecule has 2 aromatic carbocycles. The molecule has 0 atom stereocenters. The average Bonchev–Trinajstić information content (AvgIpc) is 2.92. The summed E-state index contributed by atoms with van der Waals surface area (Å²) in [6, 6.07) is 16.9. The zero-order valence-corrected chi connectivity index (χ0v) is 24.9. The molecule has 0 unspecified atom stereocenters. The summed E-state index contributed by atoms with van der Waals surface area (Å²) >= 11 is 0. The normalized spacial score (nSPS) is 11.1. The Morgan fingerprint density at radius 2 is 1.70 bits per heavy atom. The van der Waals surface area contributed by atoms with Crippen molar-refractivity contribution < 1.29 is 19.1 Å². The van der Waals surface area contributed by atoms with Crippen LogP contribution in [0.3, 0.4) is 0 Å². The molecule has 0 fully saturated rings. The molecule has 2 aliphatic rings. The monoisotopic (exact) mass is 545 g/mol. The van der Waals surface area contributed by atoms with Gasteiger partial charge in [0.15, 0.2) is 0 Å². The second-order valence-electron chi connectivity index (χ2n) is 10.6. The number of carboxylic acids is 1. The fourth-order valence-corrected chi connectivity index (χ4v) is 5.12. The van der Waals surface area contributed by atoms with Gasteiger partial charge >= 0.3 is 5.97 Å². The van der Waals surface area contributed by atoms with Gasteiger partial charge in [-0.25, -0.2) is 4.58 Å². The van der Waals surface area contributed by atoms with Crippen LogP contribution in [0.15, 0.2) is 52.9 Å². The van der Waals surface area contributed by atoms with Crippen molar-refractivity contribution in [3.8, 4) is 28.2 Å². The van der Waals surface area contributed by atoms with Gasteiger partial charge in [0, 0.05) is 93.7 Å². The summed E-state index contributed by atoms with van der Waals surface area (Å²) < 4.78 is 14.6. The first-order chi connectivity index (χ1) is 19.0. The van der Waals surface area contributed by atoms with Gasteiger partial charge in [0.2, 0.25) is 5.36 Å². The van der Waals surface area contributed by atoms with Crippen molar-refractivity contribution in [2.45, 2.75) is 19.8 Å². The Kier molecular flexibility index (Phi) is 8.57. The minimum absolute atomic E-state index is 0.137. The van der Waals surface area contributed by atoms with E-state index in [0.29, 0.717) is 13.0 Å². The second kappa shape index (κ2) is 11.9. The molecule has 8 heteroatoms. The van der Waals surface area contributed by atoms with Crippen molar-refractivity contribution in [2.75, 3.05) is 77.2 Å². The molecule has 40 heavy (non-hydrogen) atoms. The van der Waals surface area contributed by atoms with E-state index >= 15 is 0 Å². The van der Waals surface area contributed by atoms with E-state index in [4.69, 9.17) is 14.3 Å². The van der Waals surface area contributed by atoms with E-state index in [9.17, 15) is 4.79 Å². The number of anilines is 3. The van der Waals surface area contributed by atoms with E-state index in [1.807, 2.05) is 42.3 Å². The lowest BCUT2D eigenvalue weighted by Crippen LogP contribution is -2.27. The Morgan fingerprint density at radius 3 is 2.30 bits per heavy atom. The van der Waals surface area contributed by atoms with Gasteiger partial charge in [-0.2, -0.15) is 0 Å². The number of hydrogen-bond acceptors (Lipinski definition) is 6. The highest BCUT2D eigenvalue weighted by molar-refractivity contribution is 6.05. The van der Waals surface area contributed by atoms with Crippen molar-refractivity contribution in [3.63, 3.8) is 0 Å². The first kappa shape index (κ1) is 28.8. The highest BCUT2D eigenvalue weighted by Crippen LogP contribution is 2.47.